The lowest BCUT2D eigenvalue weighted by molar-refractivity contribution is -0.148. The van der Waals surface area contributed by atoms with Crippen molar-refractivity contribution in [3.63, 3.8) is 0 Å². The normalized spacial score (nSPS) is 11.5. The Morgan fingerprint density at radius 3 is 1.76 bits per heavy atom. The maximum atomic E-state index is 12.5. The number of hydrogen-bond donors (Lipinski definition) is 2. The number of phenolic OH excluding ortho intramolecular Hbond substituents is 1. The van der Waals surface area contributed by atoms with Gasteiger partial charge >= 0.3 is 5.97 Å². The minimum atomic E-state index is -0.989. The van der Waals surface area contributed by atoms with Crippen molar-refractivity contribution in [3.05, 3.63) is 89.5 Å². The SMILES string of the molecule is COC(Cc1ccc(OCCCOc2ccc(C(=O)c3ccc(O)cc3)cc2)cc1)C(=O)O. The van der Waals surface area contributed by atoms with Crippen molar-refractivity contribution < 1.29 is 34.0 Å². The van der Waals surface area contributed by atoms with E-state index in [0.29, 0.717) is 48.7 Å². The lowest BCUT2D eigenvalue weighted by Gasteiger charge is -2.11. The van der Waals surface area contributed by atoms with Gasteiger partial charge in [0.05, 0.1) is 13.2 Å². The van der Waals surface area contributed by atoms with Crippen molar-refractivity contribution in [2.24, 2.45) is 0 Å². The van der Waals surface area contributed by atoms with Gasteiger partial charge in [0.2, 0.25) is 0 Å². The number of carboxylic acid groups (broad SMARTS) is 1. The quantitative estimate of drug-likeness (QED) is 0.316. The summed E-state index contributed by atoms with van der Waals surface area (Å²) in [5.41, 5.74) is 1.90. The number of methoxy groups -OCH3 is 1. The summed E-state index contributed by atoms with van der Waals surface area (Å²) in [6.07, 6.45) is 0.0916. The molecule has 7 nitrogen and oxygen atoms in total. The first kappa shape index (κ1) is 23.8. The summed E-state index contributed by atoms with van der Waals surface area (Å²) in [4.78, 5) is 23.5. The fourth-order valence-electron chi connectivity index (χ4n) is 3.13. The number of rotatable bonds is 12. The molecular weight excluding hydrogens is 424 g/mol. The Hall–Kier alpha value is -3.84. The number of carboxylic acids is 1. The van der Waals surface area contributed by atoms with E-state index in [0.717, 1.165) is 5.56 Å². The summed E-state index contributed by atoms with van der Waals surface area (Å²) < 4.78 is 16.3. The van der Waals surface area contributed by atoms with Crippen LogP contribution >= 0.6 is 0 Å². The van der Waals surface area contributed by atoms with Gasteiger partial charge in [-0.2, -0.15) is 0 Å². The molecule has 3 rings (SSSR count). The molecule has 3 aromatic carbocycles. The first-order chi connectivity index (χ1) is 16.0. The van der Waals surface area contributed by atoms with E-state index in [1.807, 2.05) is 12.1 Å². The third kappa shape index (κ3) is 7.08. The first-order valence-electron chi connectivity index (χ1n) is 10.5. The molecule has 0 radical (unpaired) electrons. The zero-order valence-corrected chi connectivity index (χ0v) is 18.3. The van der Waals surface area contributed by atoms with Crippen LogP contribution < -0.4 is 9.47 Å². The molecule has 2 N–H and O–H groups in total. The topological polar surface area (TPSA) is 102 Å². The molecule has 0 bridgehead atoms. The molecule has 1 atom stereocenters. The zero-order chi connectivity index (χ0) is 23.6. The second kappa shape index (κ2) is 11.7. The van der Waals surface area contributed by atoms with Gasteiger partial charge in [0.15, 0.2) is 11.9 Å². The van der Waals surface area contributed by atoms with Gasteiger partial charge in [-0.1, -0.05) is 12.1 Å². The van der Waals surface area contributed by atoms with E-state index in [1.165, 1.54) is 19.2 Å². The number of phenols is 1. The highest BCUT2D eigenvalue weighted by molar-refractivity contribution is 6.09. The minimum absolute atomic E-state index is 0.118. The highest BCUT2D eigenvalue weighted by Crippen LogP contribution is 2.18. The fourth-order valence-corrected chi connectivity index (χ4v) is 3.13. The zero-order valence-electron chi connectivity index (χ0n) is 18.3. The molecule has 1 unspecified atom stereocenters. The maximum Gasteiger partial charge on any atom is 0.333 e. The average molecular weight is 450 g/mol. The van der Waals surface area contributed by atoms with Gasteiger partial charge in [-0.15, -0.1) is 0 Å². The van der Waals surface area contributed by atoms with Crippen LogP contribution in [0.2, 0.25) is 0 Å². The van der Waals surface area contributed by atoms with Crippen LogP contribution in [-0.2, 0) is 16.0 Å². The van der Waals surface area contributed by atoms with E-state index < -0.39 is 12.1 Å². The third-order valence-electron chi connectivity index (χ3n) is 4.98. The number of benzene rings is 3. The van der Waals surface area contributed by atoms with Crippen LogP contribution in [0.1, 0.15) is 27.9 Å². The first-order valence-corrected chi connectivity index (χ1v) is 10.5. The molecule has 0 fully saturated rings. The summed E-state index contributed by atoms with van der Waals surface area (Å²) in [5, 5.41) is 18.4. The van der Waals surface area contributed by atoms with Gasteiger partial charge in [-0.3, -0.25) is 4.79 Å². The van der Waals surface area contributed by atoms with Gasteiger partial charge in [0, 0.05) is 31.1 Å². The Labute approximate surface area is 192 Å². The molecular formula is C26H26O7. The van der Waals surface area contributed by atoms with Crippen molar-refractivity contribution in [1.82, 2.24) is 0 Å². The van der Waals surface area contributed by atoms with Crippen LogP contribution in [-0.4, -0.2) is 48.4 Å². The summed E-state index contributed by atoms with van der Waals surface area (Å²) in [6, 6.07) is 20.3. The molecule has 0 aromatic heterocycles. The molecule has 7 heteroatoms. The number of hydrogen-bond acceptors (Lipinski definition) is 6. The molecule has 0 heterocycles. The van der Waals surface area contributed by atoms with E-state index in [2.05, 4.69) is 0 Å². The Bertz CT molecular complexity index is 1040. The molecule has 0 amide bonds. The van der Waals surface area contributed by atoms with Gasteiger partial charge in [0.1, 0.15) is 17.2 Å². The fraction of sp³-hybridized carbons (Fsp3) is 0.231. The lowest BCUT2D eigenvalue weighted by atomic mass is 10.0. The number of carbonyl (C=O) groups excluding carboxylic acids is 1. The van der Waals surface area contributed by atoms with E-state index in [1.54, 1.807) is 48.5 Å². The van der Waals surface area contributed by atoms with Crippen molar-refractivity contribution in [2.75, 3.05) is 20.3 Å². The standard InChI is InChI=1S/C26H26O7/c1-31-24(26(29)30)17-18-3-11-22(12-4-18)32-15-2-16-33-23-13-7-20(8-14-23)25(28)19-5-9-21(27)10-6-19/h3-14,24,27H,2,15-17H2,1H3,(H,29,30). The predicted molar refractivity (Wildman–Crippen MR) is 122 cm³/mol. The van der Waals surface area contributed by atoms with Crippen LogP contribution in [0.25, 0.3) is 0 Å². The third-order valence-corrected chi connectivity index (χ3v) is 4.98. The number of carbonyl (C=O) groups is 2. The number of ketones is 1. The molecule has 172 valence electrons. The predicted octanol–water partition coefficient (Wildman–Crippen LogP) is 4.11. The van der Waals surface area contributed by atoms with Gasteiger partial charge in [-0.25, -0.2) is 4.79 Å². The second-order valence-electron chi connectivity index (χ2n) is 7.36. The van der Waals surface area contributed by atoms with E-state index in [4.69, 9.17) is 19.3 Å². The smallest absolute Gasteiger partial charge is 0.333 e. The Balaban J connectivity index is 1.39. The number of ether oxygens (including phenoxy) is 3. The summed E-state index contributed by atoms with van der Waals surface area (Å²) >= 11 is 0. The summed E-state index contributed by atoms with van der Waals surface area (Å²) in [5.74, 6) is 0.359. The lowest BCUT2D eigenvalue weighted by Crippen LogP contribution is -2.24. The van der Waals surface area contributed by atoms with Gasteiger partial charge in [-0.05, 0) is 66.2 Å². The number of aromatic hydroxyl groups is 1. The molecule has 0 aliphatic carbocycles. The minimum Gasteiger partial charge on any atom is -0.508 e. The molecule has 33 heavy (non-hydrogen) atoms. The number of aliphatic carboxylic acids is 1. The molecule has 0 aliphatic heterocycles. The summed E-state index contributed by atoms with van der Waals surface area (Å²) in [6.45, 7) is 0.921. The van der Waals surface area contributed by atoms with Crippen molar-refractivity contribution in [1.29, 1.82) is 0 Å². The monoisotopic (exact) mass is 450 g/mol. The largest absolute Gasteiger partial charge is 0.508 e. The van der Waals surface area contributed by atoms with E-state index >= 15 is 0 Å². The Morgan fingerprint density at radius 2 is 1.27 bits per heavy atom. The Kier molecular flexibility index (Phi) is 8.43. The van der Waals surface area contributed by atoms with Gasteiger partial charge < -0.3 is 24.4 Å². The van der Waals surface area contributed by atoms with Crippen LogP contribution in [0.3, 0.4) is 0 Å². The Morgan fingerprint density at radius 1 is 0.788 bits per heavy atom. The molecule has 0 saturated heterocycles. The maximum absolute atomic E-state index is 12.5. The van der Waals surface area contributed by atoms with E-state index in [9.17, 15) is 14.7 Å². The van der Waals surface area contributed by atoms with Crippen LogP contribution in [0.4, 0.5) is 0 Å². The molecule has 0 spiro atoms. The van der Waals surface area contributed by atoms with Crippen molar-refractivity contribution in [2.45, 2.75) is 18.9 Å². The second-order valence-corrected chi connectivity index (χ2v) is 7.36. The van der Waals surface area contributed by atoms with Crippen LogP contribution in [0.5, 0.6) is 17.2 Å². The summed E-state index contributed by atoms with van der Waals surface area (Å²) in [7, 11) is 1.38. The molecule has 3 aromatic rings. The highest BCUT2D eigenvalue weighted by Gasteiger charge is 2.16. The average Bonchev–Trinajstić information content (AvgIpc) is 2.83. The molecule has 0 saturated carbocycles. The highest BCUT2D eigenvalue weighted by atomic mass is 16.5. The van der Waals surface area contributed by atoms with Gasteiger partial charge in [0.25, 0.3) is 0 Å². The van der Waals surface area contributed by atoms with Crippen molar-refractivity contribution >= 4 is 11.8 Å². The van der Waals surface area contributed by atoms with Crippen LogP contribution in [0, 0.1) is 0 Å². The van der Waals surface area contributed by atoms with Crippen LogP contribution in [0.15, 0.2) is 72.8 Å². The van der Waals surface area contributed by atoms with E-state index in [-0.39, 0.29) is 11.5 Å². The molecule has 0 aliphatic rings. The van der Waals surface area contributed by atoms with Crippen molar-refractivity contribution in [3.8, 4) is 17.2 Å².